The largest absolute Gasteiger partial charge is 0.444 e. The van der Waals surface area contributed by atoms with Gasteiger partial charge < -0.3 is 20.7 Å². The van der Waals surface area contributed by atoms with Crippen LogP contribution in [-0.4, -0.2) is 44.7 Å². The number of nitrogens with one attached hydrogen (secondary N) is 1. The second-order valence-corrected chi connectivity index (χ2v) is 7.72. The van der Waals surface area contributed by atoms with Crippen LogP contribution in [0.2, 0.25) is 0 Å². The van der Waals surface area contributed by atoms with Crippen LogP contribution in [0.5, 0.6) is 0 Å². The second kappa shape index (κ2) is 7.45. The molecule has 10 nitrogen and oxygen atoms in total. The Bertz CT molecular complexity index is 864. The number of amides is 2. The van der Waals surface area contributed by atoms with Gasteiger partial charge in [0.1, 0.15) is 17.1 Å². The Balaban J connectivity index is 2.16. The van der Waals surface area contributed by atoms with Crippen LogP contribution in [0.1, 0.15) is 33.6 Å². The van der Waals surface area contributed by atoms with E-state index in [1.807, 2.05) is 0 Å². The molecule has 2 rings (SSSR count). The van der Waals surface area contributed by atoms with Gasteiger partial charge in [0, 0.05) is 27.2 Å². The number of likely N-dealkylation sites (tertiary alicyclic amines) is 1. The number of carbonyl (C=O) groups excluding carboxylic acids is 2. The number of hydrogen-bond acceptors (Lipinski definition) is 6. The third-order valence-electron chi connectivity index (χ3n) is 4.40. The lowest BCUT2D eigenvalue weighted by atomic mass is 9.97. The molecule has 2 amide bonds. The third-order valence-corrected chi connectivity index (χ3v) is 4.40. The molecule has 150 valence electrons. The van der Waals surface area contributed by atoms with Crippen LogP contribution in [0.4, 0.5) is 16.3 Å². The fraction of sp³-hybridized carbons (Fsp3) is 0.647. The van der Waals surface area contributed by atoms with Crippen molar-refractivity contribution in [1.29, 1.82) is 0 Å². The first-order valence-electron chi connectivity index (χ1n) is 8.76. The third kappa shape index (κ3) is 4.50. The Labute approximate surface area is 156 Å². The SMILES string of the molecule is Cn1c(N)c(NC(=O)C2CCCN(C(=O)OC(C)(C)C)C2)c(=O)n(C)c1=O. The molecule has 0 spiro atoms. The first-order valence-corrected chi connectivity index (χ1v) is 8.76. The summed E-state index contributed by atoms with van der Waals surface area (Å²) in [5, 5.41) is 2.53. The Kier molecular flexibility index (Phi) is 5.67. The van der Waals surface area contributed by atoms with Crippen molar-refractivity contribution in [2.75, 3.05) is 24.1 Å². The van der Waals surface area contributed by atoms with Crippen molar-refractivity contribution in [1.82, 2.24) is 14.0 Å². The van der Waals surface area contributed by atoms with E-state index in [9.17, 15) is 19.2 Å². The molecule has 3 N–H and O–H groups in total. The van der Waals surface area contributed by atoms with E-state index in [1.165, 1.54) is 19.0 Å². The lowest BCUT2D eigenvalue weighted by Crippen LogP contribution is -2.46. The summed E-state index contributed by atoms with van der Waals surface area (Å²) < 4.78 is 7.31. The van der Waals surface area contributed by atoms with Gasteiger partial charge in [0.15, 0.2) is 0 Å². The quantitative estimate of drug-likeness (QED) is 0.756. The minimum atomic E-state index is -0.677. The lowest BCUT2D eigenvalue weighted by molar-refractivity contribution is -0.121. The van der Waals surface area contributed by atoms with Gasteiger partial charge in [-0.15, -0.1) is 0 Å². The van der Waals surface area contributed by atoms with Gasteiger partial charge in [0.2, 0.25) is 5.91 Å². The molecule has 10 heteroatoms. The second-order valence-electron chi connectivity index (χ2n) is 7.72. The summed E-state index contributed by atoms with van der Waals surface area (Å²) in [5.74, 6) is -1.05. The fourth-order valence-corrected chi connectivity index (χ4v) is 2.89. The molecule has 1 saturated heterocycles. The highest BCUT2D eigenvalue weighted by Crippen LogP contribution is 2.21. The molecule has 1 unspecified atom stereocenters. The Morgan fingerprint density at radius 3 is 2.41 bits per heavy atom. The van der Waals surface area contributed by atoms with Crippen molar-refractivity contribution in [3.8, 4) is 0 Å². The van der Waals surface area contributed by atoms with E-state index in [0.717, 1.165) is 9.13 Å². The van der Waals surface area contributed by atoms with Crippen LogP contribution in [0, 0.1) is 5.92 Å². The van der Waals surface area contributed by atoms with Crippen molar-refractivity contribution in [2.45, 2.75) is 39.2 Å². The molecule has 1 fully saturated rings. The van der Waals surface area contributed by atoms with Crippen LogP contribution >= 0.6 is 0 Å². The number of hydrogen-bond donors (Lipinski definition) is 2. The summed E-state index contributed by atoms with van der Waals surface area (Å²) in [6, 6.07) is 0. The van der Waals surface area contributed by atoms with E-state index >= 15 is 0 Å². The predicted octanol–water partition coefficient (Wildman–Crippen LogP) is 0.252. The molecule has 0 bridgehead atoms. The van der Waals surface area contributed by atoms with Gasteiger partial charge >= 0.3 is 11.8 Å². The molecule has 1 aliphatic heterocycles. The topological polar surface area (TPSA) is 129 Å². The molecule has 27 heavy (non-hydrogen) atoms. The number of carbonyl (C=O) groups is 2. The summed E-state index contributed by atoms with van der Waals surface area (Å²) >= 11 is 0. The molecule has 1 aromatic heterocycles. The number of nitrogens with zero attached hydrogens (tertiary/aromatic N) is 3. The maximum absolute atomic E-state index is 12.7. The first kappa shape index (κ1) is 20.5. The standard InChI is InChI=1S/C17H27N5O5/c1-17(2,3)27-16(26)22-8-6-7-10(9-22)13(23)19-11-12(18)20(4)15(25)21(5)14(11)24/h10H,6-9,18H2,1-5H3,(H,19,23). The van der Waals surface area contributed by atoms with Crippen molar-refractivity contribution in [3.05, 3.63) is 20.8 Å². The maximum Gasteiger partial charge on any atom is 0.410 e. The van der Waals surface area contributed by atoms with Gasteiger partial charge in [-0.3, -0.25) is 18.7 Å². The van der Waals surface area contributed by atoms with Gasteiger partial charge in [0.25, 0.3) is 5.56 Å². The smallest absolute Gasteiger partial charge is 0.410 e. The van der Waals surface area contributed by atoms with E-state index in [-0.39, 0.29) is 18.1 Å². The molecule has 0 radical (unpaired) electrons. The van der Waals surface area contributed by atoms with E-state index in [2.05, 4.69) is 5.32 Å². The molecule has 0 saturated carbocycles. The zero-order valence-electron chi connectivity index (χ0n) is 16.4. The fourth-order valence-electron chi connectivity index (χ4n) is 2.89. The van der Waals surface area contributed by atoms with Crippen molar-refractivity contribution >= 4 is 23.5 Å². The number of piperidine rings is 1. The minimum absolute atomic E-state index is 0.115. The van der Waals surface area contributed by atoms with Crippen molar-refractivity contribution < 1.29 is 14.3 Å². The van der Waals surface area contributed by atoms with Crippen LogP contribution in [0.3, 0.4) is 0 Å². The van der Waals surface area contributed by atoms with Crippen LogP contribution < -0.4 is 22.3 Å². The first-order chi connectivity index (χ1) is 12.4. The monoisotopic (exact) mass is 381 g/mol. The average molecular weight is 381 g/mol. The van der Waals surface area contributed by atoms with Gasteiger partial charge in [0.05, 0.1) is 5.92 Å². The summed E-state index contributed by atoms with van der Waals surface area (Å²) in [7, 11) is 2.72. The summed E-state index contributed by atoms with van der Waals surface area (Å²) in [6.07, 6.45) is 0.729. The average Bonchev–Trinajstić information content (AvgIpc) is 2.60. The summed E-state index contributed by atoms with van der Waals surface area (Å²) in [6.45, 7) is 6.01. The molecule has 1 atom stereocenters. The molecule has 0 aromatic carbocycles. The van der Waals surface area contributed by atoms with Crippen LogP contribution in [0.15, 0.2) is 9.59 Å². The summed E-state index contributed by atoms with van der Waals surface area (Å²) in [5.41, 5.74) is 3.81. The number of aromatic nitrogens is 2. The Hall–Kier alpha value is -2.78. The van der Waals surface area contributed by atoms with Gasteiger partial charge in [-0.05, 0) is 33.6 Å². The number of rotatable bonds is 2. The Morgan fingerprint density at radius 2 is 1.81 bits per heavy atom. The normalized spacial score (nSPS) is 17.5. The Morgan fingerprint density at radius 1 is 1.19 bits per heavy atom. The van der Waals surface area contributed by atoms with Crippen LogP contribution in [-0.2, 0) is 23.6 Å². The summed E-state index contributed by atoms with van der Waals surface area (Å²) in [4.78, 5) is 50.5. The van der Waals surface area contributed by atoms with Crippen molar-refractivity contribution in [3.63, 3.8) is 0 Å². The van der Waals surface area contributed by atoms with Crippen LogP contribution in [0.25, 0.3) is 0 Å². The zero-order chi connectivity index (χ0) is 20.5. The van der Waals surface area contributed by atoms with Gasteiger partial charge in [-0.25, -0.2) is 9.59 Å². The molecule has 1 aliphatic rings. The van der Waals surface area contributed by atoms with E-state index in [1.54, 1.807) is 20.8 Å². The lowest BCUT2D eigenvalue weighted by Gasteiger charge is -2.33. The van der Waals surface area contributed by atoms with Gasteiger partial charge in [-0.2, -0.15) is 0 Å². The molecular formula is C17H27N5O5. The number of nitrogen functional groups attached to an aromatic ring is 1. The van der Waals surface area contributed by atoms with Crippen molar-refractivity contribution in [2.24, 2.45) is 20.0 Å². The number of ether oxygens (including phenoxy) is 1. The highest BCUT2D eigenvalue weighted by molar-refractivity contribution is 5.95. The maximum atomic E-state index is 12.7. The number of nitrogens with two attached hydrogens (primary N) is 1. The molecule has 2 heterocycles. The molecule has 1 aromatic rings. The van der Waals surface area contributed by atoms with E-state index in [0.29, 0.717) is 19.4 Å². The zero-order valence-corrected chi connectivity index (χ0v) is 16.4. The highest BCUT2D eigenvalue weighted by Gasteiger charge is 2.31. The minimum Gasteiger partial charge on any atom is -0.444 e. The molecule has 0 aliphatic carbocycles. The number of anilines is 2. The van der Waals surface area contributed by atoms with E-state index < -0.39 is 34.8 Å². The highest BCUT2D eigenvalue weighted by atomic mass is 16.6. The van der Waals surface area contributed by atoms with Gasteiger partial charge in [-0.1, -0.05) is 0 Å². The predicted molar refractivity (Wildman–Crippen MR) is 100 cm³/mol. The molecular weight excluding hydrogens is 354 g/mol. The van der Waals surface area contributed by atoms with E-state index in [4.69, 9.17) is 10.5 Å².